The lowest BCUT2D eigenvalue weighted by Crippen LogP contribution is -2.42. The van der Waals surface area contributed by atoms with Gasteiger partial charge in [0.25, 0.3) is 0 Å². The number of carbonyl (C=O) groups excluding carboxylic acids is 1. The van der Waals surface area contributed by atoms with Crippen LogP contribution in [0.1, 0.15) is 33.6 Å². The molecule has 0 saturated carbocycles. The highest BCUT2D eigenvalue weighted by Crippen LogP contribution is 2.11. The first-order valence-corrected chi connectivity index (χ1v) is 6.89. The largest absolute Gasteiger partial charge is 0.325 e. The Kier molecular flexibility index (Phi) is 6.50. The molecule has 1 rings (SSSR count). The molecule has 0 fully saturated rings. The summed E-state index contributed by atoms with van der Waals surface area (Å²) in [6.07, 6.45) is 2.18. The second-order valence-electron chi connectivity index (χ2n) is 4.66. The Hall–Kier alpha value is -1.42. The molecule has 0 saturated heterocycles. The van der Waals surface area contributed by atoms with Crippen LogP contribution in [0.4, 0.5) is 10.1 Å². The van der Waals surface area contributed by atoms with E-state index in [4.69, 9.17) is 0 Å². The van der Waals surface area contributed by atoms with E-state index in [2.05, 4.69) is 17.1 Å². The molecule has 1 atom stereocenters. The van der Waals surface area contributed by atoms with E-state index in [0.717, 1.165) is 25.9 Å². The molecule has 1 amide bonds. The minimum atomic E-state index is -0.344. The maximum atomic E-state index is 13.0. The molecule has 1 N–H and O–H groups in total. The SMILES string of the molecule is CCCCN(CC)C(C)C(=O)Nc1cccc(F)c1. The molecule has 0 aliphatic rings. The third-order valence-electron chi connectivity index (χ3n) is 3.22. The summed E-state index contributed by atoms with van der Waals surface area (Å²) in [6.45, 7) is 7.79. The van der Waals surface area contributed by atoms with Crippen LogP contribution in [0, 0.1) is 5.82 Å². The van der Waals surface area contributed by atoms with Crippen LogP contribution in [-0.2, 0) is 4.79 Å². The average molecular weight is 266 g/mol. The highest BCUT2D eigenvalue weighted by Gasteiger charge is 2.19. The van der Waals surface area contributed by atoms with Gasteiger partial charge in [0.1, 0.15) is 5.82 Å². The second kappa shape index (κ2) is 7.89. The van der Waals surface area contributed by atoms with Gasteiger partial charge < -0.3 is 5.32 Å². The molecule has 1 aromatic rings. The molecule has 0 heterocycles. The quantitative estimate of drug-likeness (QED) is 0.821. The van der Waals surface area contributed by atoms with Gasteiger partial charge in [-0.1, -0.05) is 26.3 Å². The summed E-state index contributed by atoms with van der Waals surface area (Å²) < 4.78 is 13.0. The van der Waals surface area contributed by atoms with Crippen molar-refractivity contribution >= 4 is 11.6 Å². The van der Waals surface area contributed by atoms with Crippen LogP contribution in [0.2, 0.25) is 0 Å². The van der Waals surface area contributed by atoms with Crippen molar-refractivity contribution in [2.45, 2.75) is 39.7 Å². The smallest absolute Gasteiger partial charge is 0.241 e. The van der Waals surface area contributed by atoms with Crippen molar-refractivity contribution in [2.24, 2.45) is 0 Å². The lowest BCUT2D eigenvalue weighted by molar-refractivity contribution is -0.120. The van der Waals surface area contributed by atoms with Gasteiger partial charge in [0, 0.05) is 5.69 Å². The number of carbonyl (C=O) groups is 1. The summed E-state index contributed by atoms with van der Waals surface area (Å²) in [4.78, 5) is 14.2. The number of nitrogens with zero attached hydrogens (tertiary/aromatic N) is 1. The first-order valence-electron chi connectivity index (χ1n) is 6.89. The Labute approximate surface area is 114 Å². The highest BCUT2D eigenvalue weighted by molar-refractivity contribution is 5.94. The molecule has 19 heavy (non-hydrogen) atoms. The van der Waals surface area contributed by atoms with E-state index in [1.165, 1.54) is 12.1 Å². The number of rotatable bonds is 7. The minimum absolute atomic E-state index is 0.0939. The van der Waals surface area contributed by atoms with Crippen LogP contribution in [0.5, 0.6) is 0 Å². The first-order chi connectivity index (χ1) is 9.08. The van der Waals surface area contributed by atoms with Gasteiger partial charge >= 0.3 is 0 Å². The van der Waals surface area contributed by atoms with E-state index in [1.54, 1.807) is 12.1 Å². The number of amides is 1. The van der Waals surface area contributed by atoms with Crippen LogP contribution >= 0.6 is 0 Å². The number of anilines is 1. The van der Waals surface area contributed by atoms with E-state index in [1.807, 2.05) is 13.8 Å². The lowest BCUT2D eigenvalue weighted by atomic mass is 10.2. The number of hydrogen-bond acceptors (Lipinski definition) is 2. The fourth-order valence-electron chi connectivity index (χ4n) is 1.97. The van der Waals surface area contributed by atoms with Gasteiger partial charge in [0.2, 0.25) is 5.91 Å². The first kappa shape index (κ1) is 15.6. The standard InChI is InChI=1S/C15H23FN2O/c1-4-6-10-18(5-2)12(3)15(19)17-14-9-7-8-13(16)11-14/h7-9,11-12H,4-6,10H2,1-3H3,(H,17,19). The van der Waals surface area contributed by atoms with Gasteiger partial charge in [-0.2, -0.15) is 0 Å². The zero-order valence-electron chi connectivity index (χ0n) is 11.9. The van der Waals surface area contributed by atoms with E-state index >= 15 is 0 Å². The van der Waals surface area contributed by atoms with Gasteiger partial charge in [-0.3, -0.25) is 9.69 Å². The van der Waals surface area contributed by atoms with Crippen molar-refractivity contribution in [2.75, 3.05) is 18.4 Å². The number of nitrogens with one attached hydrogen (secondary N) is 1. The maximum absolute atomic E-state index is 13.0. The summed E-state index contributed by atoms with van der Waals surface area (Å²) in [6, 6.07) is 5.76. The third kappa shape index (κ3) is 4.99. The summed E-state index contributed by atoms with van der Waals surface area (Å²) in [5.74, 6) is -0.438. The van der Waals surface area contributed by atoms with Crippen LogP contribution in [0.25, 0.3) is 0 Å². The van der Waals surface area contributed by atoms with Gasteiger partial charge in [0.05, 0.1) is 6.04 Å². The molecule has 0 aliphatic carbocycles. The monoisotopic (exact) mass is 266 g/mol. The summed E-state index contributed by atoms with van der Waals surface area (Å²) in [7, 11) is 0. The van der Waals surface area contributed by atoms with Crippen LogP contribution in [0.15, 0.2) is 24.3 Å². The molecular formula is C15H23FN2O. The van der Waals surface area contributed by atoms with Crippen molar-refractivity contribution in [1.29, 1.82) is 0 Å². The Morgan fingerprint density at radius 2 is 2.16 bits per heavy atom. The van der Waals surface area contributed by atoms with Gasteiger partial charge in [0.15, 0.2) is 0 Å². The van der Waals surface area contributed by atoms with Crippen LogP contribution in [0.3, 0.4) is 0 Å². The van der Waals surface area contributed by atoms with E-state index in [-0.39, 0.29) is 17.8 Å². The van der Waals surface area contributed by atoms with Crippen molar-refractivity contribution in [3.05, 3.63) is 30.1 Å². The summed E-state index contributed by atoms with van der Waals surface area (Å²) in [5, 5.41) is 2.75. The normalized spacial score (nSPS) is 12.5. The van der Waals surface area contributed by atoms with Crippen LogP contribution in [-0.4, -0.2) is 29.9 Å². The van der Waals surface area contributed by atoms with E-state index < -0.39 is 0 Å². The number of likely N-dealkylation sites (N-methyl/N-ethyl adjacent to an activating group) is 1. The van der Waals surface area contributed by atoms with Crippen molar-refractivity contribution in [3.8, 4) is 0 Å². The Balaban J connectivity index is 2.60. The third-order valence-corrected chi connectivity index (χ3v) is 3.22. The fourth-order valence-corrected chi connectivity index (χ4v) is 1.97. The van der Waals surface area contributed by atoms with E-state index in [9.17, 15) is 9.18 Å². The van der Waals surface area contributed by atoms with Gasteiger partial charge in [-0.15, -0.1) is 0 Å². The second-order valence-corrected chi connectivity index (χ2v) is 4.66. The minimum Gasteiger partial charge on any atom is -0.325 e. The Morgan fingerprint density at radius 3 is 2.74 bits per heavy atom. The molecule has 1 aromatic carbocycles. The average Bonchev–Trinajstić information content (AvgIpc) is 2.39. The molecule has 106 valence electrons. The fraction of sp³-hybridized carbons (Fsp3) is 0.533. The molecule has 1 unspecified atom stereocenters. The Morgan fingerprint density at radius 1 is 1.42 bits per heavy atom. The van der Waals surface area contributed by atoms with Gasteiger partial charge in [-0.25, -0.2) is 4.39 Å². The number of benzene rings is 1. The predicted molar refractivity (Wildman–Crippen MR) is 76.6 cm³/mol. The van der Waals surface area contributed by atoms with Crippen molar-refractivity contribution < 1.29 is 9.18 Å². The number of hydrogen-bond donors (Lipinski definition) is 1. The predicted octanol–water partition coefficient (Wildman–Crippen LogP) is 3.27. The summed E-state index contributed by atoms with van der Waals surface area (Å²) >= 11 is 0. The number of halogens is 1. The molecule has 4 heteroatoms. The highest BCUT2D eigenvalue weighted by atomic mass is 19.1. The zero-order valence-corrected chi connectivity index (χ0v) is 11.9. The topological polar surface area (TPSA) is 32.3 Å². The van der Waals surface area contributed by atoms with E-state index in [0.29, 0.717) is 5.69 Å². The van der Waals surface area contributed by atoms with Crippen LogP contribution < -0.4 is 5.32 Å². The maximum Gasteiger partial charge on any atom is 0.241 e. The number of unbranched alkanes of at least 4 members (excludes halogenated alkanes) is 1. The van der Waals surface area contributed by atoms with Gasteiger partial charge in [-0.05, 0) is 44.6 Å². The Bertz CT molecular complexity index is 409. The molecule has 0 spiro atoms. The van der Waals surface area contributed by atoms with Crippen molar-refractivity contribution in [3.63, 3.8) is 0 Å². The molecule has 3 nitrogen and oxygen atoms in total. The molecule has 0 aromatic heterocycles. The summed E-state index contributed by atoms with van der Waals surface area (Å²) in [5.41, 5.74) is 0.503. The zero-order chi connectivity index (χ0) is 14.3. The van der Waals surface area contributed by atoms with Crippen molar-refractivity contribution in [1.82, 2.24) is 4.90 Å². The lowest BCUT2D eigenvalue weighted by Gasteiger charge is -2.26. The molecular weight excluding hydrogens is 243 g/mol. The molecule has 0 aliphatic heterocycles. The molecule has 0 bridgehead atoms. The molecule has 0 radical (unpaired) electrons.